The van der Waals surface area contributed by atoms with Crippen LogP contribution in [0.3, 0.4) is 0 Å². The summed E-state index contributed by atoms with van der Waals surface area (Å²) in [6, 6.07) is 8.17. The van der Waals surface area contributed by atoms with Crippen molar-refractivity contribution in [3.8, 4) is 0 Å². The molecule has 1 aromatic carbocycles. The van der Waals surface area contributed by atoms with Crippen molar-refractivity contribution in [1.29, 1.82) is 0 Å². The Bertz CT molecular complexity index is 480. The van der Waals surface area contributed by atoms with Gasteiger partial charge < -0.3 is 10.2 Å². The van der Waals surface area contributed by atoms with Crippen LogP contribution in [-0.2, 0) is 0 Å². The number of fused-ring (bicyclic) bond motifs is 1. The molecule has 0 aromatic heterocycles. The molecule has 3 nitrogen and oxygen atoms in total. The van der Waals surface area contributed by atoms with Crippen LogP contribution in [-0.4, -0.2) is 37.0 Å². The second-order valence-corrected chi connectivity index (χ2v) is 6.82. The summed E-state index contributed by atoms with van der Waals surface area (Å²) in [7, 11) is 0. The normalized spacial score (nSPS) is 25.8. The van der Waals surface area contributed by atoms with E-state index in [0.29, 0.717) is 5.92 Å². The Morgan fingerprint density at radius 2 is 1.67 bits per heavy atom. The van der Waals surface area contributed by atoms with Crippen molar-refractivity contribution in [3.63, 3.8) is 0 Å². The predicted octanol–water partition coefficient (Wildman–Crippen LogP) is 2.88. The molecular weight excluding hydrogens is 260 g/mol. The molecule has 3 heteroatoms. The van der Waals surface area contributed by atoms with Gasteiger partial charge in [-0.15, -0.1) is 0 Å². The molecule has 2 fully saturated rings. The highest BCUT2D eigenvalue weighted by Crippen LogP contribution is 2.27. The number of nitrogens with one attached hydrogen (secondary N) is 1. The number of hydrogen-bond donors (Lipinski definition) is 1. The van der Waals surface area contributed by atoms with Crippen LogP contribution >= 0.6 is 0 Å². The summed E-state index contributed by atoms with van der Waals surface area (Å²) in [6.07, 6.45) is 2.29. The summed E-state index contributed by atoms with van der Waals surface area (Å²) in [5.74, 6) is 2.26. The smallest absolute Gasteiger partial charge is 0.253 e. The molecular formula is C18H26N2O. The minimum Gasteiger partial charge on any atom is -0.339 e. The fraction of sp³-hybridized carbons (Fsp3) is 0.611. The van der Waals surface area contributed by atoms with Gasteiger partial charge in [-0.05, 0) is 61.4 Å². The Balaban J connectivity index is 1.67. The van der Waals surface area contributed by atoms with Crippen molar-refractivity contribution in [3.05, 3.63) is 35.4 Å². The van der Waals surface area contributed by atoms with E-state index < -0.39 is 0 Å². The number of likely N-dealkylation sites (tertiary alicyclic amines) is 1. The first-order valence-electron chi connectivity index (χ1n) is 8.25. The Morgan fingerprint density at radius 3 is 2.19 bits per heavy atom. The Labute approximate surface area is 127 Å². The van der Waals surface area contributed by atoms with Gasteiger partial charge in [0, 0.05) is 18.7 Å². The van der Waals surface area contributed by atoms with Gasteiger partial charge in [-0.3, -0.25) is 4.79 Å². The molecule has 0 aliphatic carbocycles. The first-order chi connectivity index (χ1) is 10.1. The van der Waals surface area contributed by atoms with Crippen LogP contribution < -0.4 is 5.32 Å². The summed E-state index contributed by atoms with van der Waals surface area (Å²) in [5.41, 5.74) is 2.13. The van der Waals surface area contributed by atoms with Crippen LogP contribution in [0.4, 0.5) is 0 Å². The Hall–Kier alpha value is -1.35. The van der Waals surface area contributed by atoms with Crippen LogP contribution in [0.25, 0.3) is 0 Å². The number of benzene rings is 1. The highest BCUT2D eigenvalue weighted by atomic mass is 16.2. The SMILES string of the molecule is CC(C)c1ccc(C(=O)N2CC[C@@H]3CNC[C@@H]3CC2)cc1. The van der Waals surface area contributed by atoms with E-state index in [4.69, 9.17) is 0 Å². The molecule has 0 spiro atoms. The van der Waals surface area contributed by atoms with E-state index in [2.05, 4.69) is 36.2 Å². The summed E-state index contributed by atoms with van der Waals surface area (Å²) in [4.78, 5) is 14.7. The molecule has 2 aliphatic heterocycles. The van der Waals surface area contributed by atoms with Crippen molar-refractivity contribution < 1.29 is 4.79 Å². The zero-order valence-electron chi connectivity index (χ0n) is 13.1. The first kappa shape index (κ1) is 14.6. The van der Waals surface area contributed by atoms with Crippen LogP contribution in [0.1, 0.15) is 48.5 Å². The Morgan fingerprint density at radius 1 is 1.10 bits per heavy atom. The topological polar surface area (TPSA) is 32.3 Å². The van der Waals surface area contributed by atoms with Gasteiger partial charge in [-0.1, -0.05) is 26.0 Å². The average Bonchev–Trinajstić information content (AvgIpc) is 2.85. The molecule has 1 aromatic rings. The second-order valence-electron chi connectivity index (χ2n) is 6.82. The Kier molecular flexibility index (Phi) is 4.29. The fourth-order valence-electron chi connectivity index (χ4n) is 3.61. The minimum absolute atomic E-state index is 0.207. The van der Waals surface area contributed by atoms with Crippen LogP contribution in [0, 0.1) is 11.8 Å². The molecule has 2 atom stereocenters. The van der Waals surface area contributed by atoms with Gasteiger partial charge in [0.1, 0.15) is 0 Å². The largest absolute Gasteiger partial charge is 0.339 e. The molecule has 2 saturated heterocycles. The highest BCUT2D eigenvalue weighted by molar-refractivity contribution is 5.94. The monoisotopic (exact) mass is 286 g/mol. The maximum Gasteiger partial charge on any atom is 0.253 e. The second kappa shape index (κ2) is 6.18. The average molecular weight is 286 g/mol. The molecule has 3 rings (SSSR count). The van der Waals surface area contributed by atoms with Crippen molar-refractivity contribution in [1.82, 2.24) is 10.2 Å². The molecule has 114 valence electrons. The fourth-order valence-corrected chi connectivity index (χ4v) is 3.61. The molecule has 0 bridgehead atoms. The van der Waals surface area contributed by atoms with E-state index in [-0.39, 0.29) is 5.91 Å². The number of hydrogen-bond acceptors (Lipinski definition) is 2. The van der Waals surface area contributed by atoms with Gasteiger partial charge in [0.15, 0.2) is 0 Å². The van der Waals surface area contributed by atoms with Gasteiger partial charge in [0.25, 0.3) is 5.91 Å². The van der Waals surface area contributed by atoms with Gasteiger partial charge in [-0.25, -0.2) is 0 Å². The van der Waals surface area contributed by atoms with E-state index in [1.807, 2.05) is 12.1 Å². The molecule has 2 aliphatic rings. The maximum absolute atomic E-state index is 12.7. The summed E-state index contributed by atoms with van der Waals surface area (Å²) in [5, 5.41) is 3.48. The van der Waals surface area contributed by atoms with Crippen molar-refractivity contribution in [2.24, 2.45) is 11.8 Å². The molecule has 0 unspecified atom stereocenters. The van der Waals surface area contributed by atoms with Gasteiger partial charge in [0.2, 0.25) is 0 Å². The van der Waals surface area contributed by atoms with E-state index >= 15 is 0 Å². The number of carbonyl (C=O) groups excluding carboxylic acids is 1. The van der Waals surface area contributed by atoms with Crippen molar-refractivity contribution in [2.45, 2.75) is 32.6 Å². The van der Waals surface area contributed by atoms with Gasteiger partial charge in [-0.2, -0.15) is 0 Å². The molecule has 2 heterocycles. The number of nitrogens with zero attached hydrogens (tertiary/aromatic N) is 1. The highest BCUT2D eigenvalue weighted by Gasteiger charge is 2.31. The predicted molar refractivity (Wildman–Crippen MR) is 85.5 cm³/mol. The summed E-state index contributed by atoms with van der Waals surface area (Å²) >= 11 is 0. The summed E-state index contributed by atoms with van der Waals surface area (Å²) < 4.78 is 0. The summed E-state index contributed by atoms with van der Waals surface area (Å²) in [6.45, 7) is 8.45. The lowest BCUT2D eigenvalue weighted by atomic mass is 9.92. The van der Waals surface area contributed by atoms with Crippen LogP contribution in [0.2, 0.25) is 0 Å². The number of rotatable bonds is 2. The molecule has 0 saturated carbocycles. The van der Waals surface area contributed by atoms with Crippen LogP contribution in [0.15, 0.2) is 24.3 Å². The molecule has 0 radical (unpaired) electrons. The molecule has 1 N–H and O–H groups in total. The lowest BCUT2D eigenvalue weighted by Gasteiger charge is -2.21. The molecule has 21 heavy (non-hydrogen) atoms. The zero-order chi connectivity index (χ0) is 14.8. The quantitative estimate of drug-likeness (QED) is 0.906. The first-order valence-corrected chi connectivity index (χ1v) is 8.25. The lowest BCUT2D eigenvalue weighted by molar-refractivity contribution is 0.0758. The zero-order valence-corrected chi connectivity index (χ0v) is 13.1. The van der Waals surface area contributed by atoms with Crippen LogP contribution in [0.5, 0.6) is 0 Å². The minimum atomic E-state index is 0.207. The third-order valence-electron chi connectivity index (χ3n) is 5.13. The van der Waals surface area contributed by atoms with E-state index in [9.17, 15) is 4.79 Å². The van der Waals surface area contributed by atoms with Gasteiger partial charge >= 0.3 is 0 Å². The number of amides is 1. The van der Waals surface area contributed by atoms with E-state index in [0.717, 1.165) is 56.4 Å². The van der Waals surface area contributed by atoms with E-state index in [1.165, 1.54) is 5.56 Å². The molecule has 1 amide bonds. The third kappa shape index (κ3) is 3.13. The van der Waals surface area contributed by atoms with Crippen molar-refractivity contribution >= 4 is 5.91 Å². The maximum atomic E-state index is 12.7. The van der Waals surface area contributed by atoms with Crippen molar-refractivity contribution in [2.75, 3.05) is 26.2 Å². The lowest BCUT2D eigenvalue weighted by Crippen LogP contribution is -2.32. The van der Waals surface area contributed by atoms with Gasteiger partial charge in [0.05, 0.1) is 0 Å². The third-order valence-corrected chi connectivity index (χ3v) is 5.13. The standard InChI is InChI=1S/C18H26N2O/c1-13(2)14-3-5-15(6-4-14)18(21)20-9-7-16-11-19-12-17(16)8-10-20/h3-6,13,16-17,19H,7-12H2,1-2H3/t16-,17+. The number of carbonyl (C=O) groups is 1. The van der Waals surface area contributed by atoms with E-state index in [1.54, 1.807) is 0 Å².